The summed E-state index contributed by atoms with van der Waals surface area (Å²) in [7, 11) is 0. The standard InChI is InChI=1S/C11H13FN4O4/c12-8-6-10(16(18)19)7(5-9(8)13)11(17)14-15-1-3-20-4-2-15/h5-6H,1-4,13H2,(H,14,17). The van der Waals surface area contributed by atoms with E-state index in [1.165, 1.54) is 0 Å². The van der Waals surface area contributed by atoms with E-state index in [0.717, 1.165) is 6.07 Å². The molecule has 0 atom stereocenters. The Morgan fingerprint density at radius 1 is 1.45 bits per heavy atom. The minimum absolute atomic E-state index is 0.277. The number of hydrogen-bond acceptors (Lipinski definition) is 6. The van der Waals surface area contributed by atoms with Crippen LogP contribution in [0.15, 0.2) is 12.1 Å². The molecule has 108 valence electrons. The van der Waals surface area contributed by atoms with Gasteiger partial charge in [-0.1, -0.05) is 0 Å². The highest BCUT2D eigenvalue weighted by Crippen LogP contribution is 2.24. The molecule has 0 bridgehead atoms. The summed E-state index contributed by atoms with van der Waals surface area (Å²) in [6.45, 7) is 1.84. The average Bonchev–Trinajstić information content (AvgIpc) is 2.42. The number of nitro benzene ring substituents is 1. The monoisotopic (exact) mass is 284 g/mol. The number of halogens is 1. The fourth-order valence-corrected chi connectivity index (χ4v) is 1.79. The third-order valence-electron chi connectivity index (χ3n) is 2.83. The van der Waals surface area contributed by atoms with Crippen molar-refractivity contribution in [1.29, 1.82) is 0 Å². The smallest absolute Gasteiger partial charge is 0.285 e. The lowest BCUT2D eigenvalue weighted by molar-refractivity contribution is -0.385. The van der Waals surface area contributed by atoms with Gasteiger partial charge >= 0.3 is 0 Å². The number of hydrogen-bond donors (Lipinski definition) is 2. The zero-order valence-corrected chi connectivity index (χ0v) is 10.5. The summed E-state index contributed by atoms with van der Waals surface area (Å²) in [5, 5.41) is 12.4. The predicted molar refractivity (Wildman–Crippen MR) is 67.3 cm³/mol. The van der Waals surface area contributed by atoms with Crippen LogP contribution in [0.1, 0.15) is 10.4 Å². The Balaban J connectivity index is 2.23. The van der Waals surface area contributed by atoms with Crippen molar-refractivity contribution in [2.24, 2.45) is 0 Å². The van der Waals surface area contributed by atoms with Crippen molar-refractivity contribution in [2.75, 3.05) is 32.0 Å². The van der Waals surface area contributed by atoms with Crippen LogP contribution in [-0.4, -0.2) is 42.1 Å². The zero-order valence-electron chi connectivity index (χ0n) is 10.5. The fourth-order valence-electron chi connectivity index (χ4n) is 1.79. The van der Waals surface area contributed by atoms with E-state index in [2.05, 4.69) is 5.43 Å². The molecule has 1 heterocycles. The van der Waals surface area contributed by atoms with Gasteiger partial charge in [-0.25, -0.2) is 9.40 Å². The second kappa shape index (κ2) is 5.80. The number of nitrogens with one attached hydrogen (secondary N) is 1. The molecule has 1 fully saturated rings. The largest absolute Gasteiger partial charge is 0.396 e. The number of nitro groups is 1. The fraction of sp³-hybridized carbons (Fsp3) is 0.364. The van der Waals surface area contributed by atoms with Crippen LogP contribution in [0.4, 0.5) is 15.8 Å². The van der Waals surface area contributed by atoms with Crippen molar-refractivity contribution >= 4 is 17.3 Å². The zero-order chi connectivity index (χ0) is 14.7. The maximum absolute atomic E-state index is 13.3. The van der Waals surface area contributed by atoms with Crippen LogP contribution >= 0.6 is 0 Å². The quantitative estimate of drug-likeness (QED) is 0.469. The van der Waals surface area contributed by atoms with Crippen LogP contribution < -0.4 is 11.2 Å². The number of anilines is 1. The maximum Gasteiger partial charge on any atom is 0.285 e. The molecule has 0 unspecified atom stereocenters. The van der Waals surface area contributed by atoms with Gasteiger partial charge in [0.05, 0.1) is 29.9 Å². The van der Waals surface area contributed by atoms with E-state index in [9.17, 15) is 19.3 Å². The molecule has 1 saturated heterocycles. The summed E-state index contributed by atoms with van der Waals surface area (Å²) in [6, 6.07) is 1.60. The third kappa shape index (κ3) is 3.00. The molecule has 9 heteroatoms. The van der Waals surface area contributed by atoms with Crippen molar-refractivity contribution in [2.45, 2.75) is 0 Å². The molecule has 2 rings (SSSR count). The van der Waals surface area contributed by atoms with Gasteiger partial charge in [-0.2, -0.15) is 0 Å². The summed E-state index contributed by atoms with van der Waals surface area (Å²) in [4.78, 5) is 22.1. The van der Waals surface area contributed by atoms with Crippen LogP contribution in [0.5, 0.6) is 0 Å². The average molecular weight is 284 g/mol. The molecule has 8 nitrogen and oxygen atoms in total. The van der Waals surface area contributed by atoms with E-state index < -0.39 is 22.3 Å². The number of hydrazine groups is 1. The molecule has 1 aliphatic heterocycles. The Kier molecular flexibility index (Phi) is 4.11. The molecule has 3 N–H and O–H groups in total. The predicted octanol–water partition coefficient (Wildman–Crippen LogP) is 0.293. The molecule has 0 aromatic heterocycles. The van der Waals surface area contributed by atoms with Crippen LogP contribution in [0, 0.1) is 15.9 Å². The highest BCUT2D eigenvalue weighted by atomic mass is 19.1. The second-order valence-corrected chi connectivity index (χ2v) is 4.19. The molecular weight excluding hydrogens is 271 g/mol. The molecule has 1 amide bonds. The first-order chi connectivity index (χ1) is 9.49. The number of morpholine rings is 1. The molecule has 0 radical (unpaired) electrons. The molecule has 1 aromatic rings. The van der Waals surface area contributed by atoms with E-state index in [-0.39, 0.29) is 11.3 Å². The lowest BCUT2D eigenvalue weighted by Crippen LogP contribution is -2.48. The summed E-state index contributed by atoms with van der Waals surface area (Å²) in [6.07, 6.45) is 0. The molecule has 0 spiro atoms. The van der Waals surface area contributed by atoms with Gasteiger partial charge in [-0.05, 0) is 6.07 Å². The summed E-state index contributed by atoms with van der Waals surface area (Å²) in [5.74, 6) is -1.63. The number of benzene rings is 1. The van der Waals surface area contributed by atoms with Crippen molar-refractivity contribution in [3.63, 3.8) is 0 Å². The van der Waals surface area contributed by atoms with E-state index in [1.54, 1.807) is 5.01 Å². The first-order valence-corrected chi connectivity index (χ1v) is 5.86. The van der Waals surface area contributed by atoms with Gasteiger partial charge in [0.1, 0.15) is 5.56 Å². The molecule has 1 aromatic carbocycles. The second-order valence-electron chi connectivity index (χ2n) is 4.19. The molecule has 0 saturated carbocycles. The normalized spacial score (nSPS) is 15.8. The van der Waals surface area contributed by atoms with Gasteiger partial charge in [-0.3, -0.25) is 20.3 Å². The molecule has 20 heavy (non-hydrogen) atoms. The van der Waals surface area contributed by atoms with E-state index in [4.69, 9.17) is 10.5 Å². The Morgan fingerprint density at radius 2 is 2.10 bits per heavy atom. The number of rotatable bonds is 3. The minimum Gasteiger partial charge on any atom is -0.396 e. The number of nitrogens with zero attached hydrogens (tertiary/aromatic N) is 2. The molecule has 1 aliphatic rings. The first-order valence-electron chi connectivity index (χ1n) is 5.86. The summed E-state index contributed by atoms with van der Waals surface area (Å²) in [5.41, 5.74) is 6.64. The van der Waals surface area contributed by atoms with Crippen molar-refractivity contribution in [3.8, 4) is 0 Å². The van der Waals surface area contributed by atoms with Crippen molar-refractivity contribution in [3.05, 3.63) is 33.6 Å². The van der Waals surface area contributed by atoms with E-state index in [0.29, 0.717) is 32.4 Å². The summed E-state index contributed by atoms with van der Waals surface area (Å²) >= 11 is 0. The minimum atomic E-state index is -0.931. The van der Waals surface area contributed by atoms with E-state index in [1.807, 2.05) is 0 Å². The lowest BCUT2D eigenvalue weighted by atomic mass is 10.1. The van der Waals surface area contributed by atoms with Gasteiger partial charge in [0.25, 0.3) is 11.6 Å². The Hall–Kier alpha value is -2.26. The Bertz CT molecular complexity index is 545. The number of nitrogen functional groups attached to an aromatic ring is 1. The Morgan fingerprint density at radius 3 is 2.70 bits per heavy atom. The Labute approximate surface area is 113 Å². The number of nitrogens with two attached hydrogens (primary N) is 1. The van der Waals surface area contributed by atoms with Gasteiger partial charge in [0, 0.05) is 13.1 Å². The molecule has 0 aliphatic carbocycles. The van der Waals surface area contributed by atoms with Crippen molar-refractivity contribution < 1.29 is 18.8 Å². The van der Waals surface area contributed by atoms with E-state index >= 15 is 0 Å². The SMILES string of the molecule is Nc1cc(C(=O)NN2CCOCC2)c([N+](=O)[O-])cc1F. The number of ether oxygens (including phenoxy) is 1. The molecular formula is C11H13FN4O4. The number of carbonyl (C=O) groups excluding carboxylic acids is 1. The summed E-state index contributed by atoms with van der Waals surface area (Å²) < 4.78 is 18.4. The highest BCUT2D eigenvalue weighted by molar-refractivity contribution is 5.98. The highest BCUT2D eigenvalue weighted by Gasteiger charge is 2.24. The lowest BCUT2D eigenvalue weighted by Gasteiger charge is -2.26. The van der Waals surface area contributed by atoms with Crippen LogP contribution in [-0.2, 0) is 4.74 Å². The van der Waals surface area contributed by atoms with Crippen LogP contribution in [0.25, 0.3) is 0 Å². The van der Waals surface area contributed by atoms with Gasteiger partial charge < -0.3 is 10.5 Å². The first kappa shape index (κ1) is 14.2. The third-order valence-corrected chi connectivity index (χ3v) is 2.83. The van der Waals surface area contributed by atoms with Crippen molar-refractivity contribution in [1.82, 2.24) is 10.4 Å². The number of amides is 1. The number of carbonyl (C=O) groups is 1. The van der Waals surface area contributed by atoms with Gasteiger partial charge in [0.15, 0.2) is 5.82 Å². The van der Waals surface area contributed by atoms with Gasteiger partial charge in [-0.15, -0.1) is 0 Å². The van der Waals surface area contributed by atoms with Gasteiger partial charge in [0.2, 0.25) is 0 Å². The topological polar surface area (TPSA) is 111 Å². The maximum atomic E-state index is 13.3. The van der Waals surface area contributed by atoms with Crippen LogP contribution in [0.2, 0.25) is 0 Å². The van der Waals surface area contributed by atoms with Crippen LogP contribution in [0.3, 0.4) is 0 Å².